The molecule has 0 radical (unpaired) electrons. The van der Waals surface area contributed by atoms with Gasteiger partial charge in [0.15, 0.2) is 0 Å². The van der Waals surface area contributed by atoms with Crippen LogP contribution in [0.4, 0.5) is 4.79 Å². The van der Waals surface area contributed by atoms with Crippen LogP contribution in [0.25, 0.3) is 0 Å². The highest BCUT2D eigenvalue weighted by Crippen LogP contribution is 2.48. The molecule has 0 saturated heterocycles. The summed E-state index contributed by atoms with van der Waals surface area (Å²) >= 11 is 0. The van der Waals surface area contributed by atoms with E-state index in [-0.39, 0.29) is 24.4 Å². The average molecular weight is 269 g/mol. The number of aliphatic carboxylic acids is 1. The Morgan fingerprint density at radius 2 is 1.95 bits per heavy atom. The van der Waals surface area contributed by atoms with Crippen LogP contribution in [0.15, 0.2) is 0 Å². The Hall–Kier alpha value is -1.79. The second-order valence-electron chi connectivity index (χ2n) is 5.49. The molecule has 0 aromatic carbocycles. The van der Waals surface area contributed by atoms with Gasteiger partial charge in [-0.05, 0) is 31.1 Å². The van der Waals surface area contributed by atoms with E-state index in [9.17, 15) is 19.5 Å². The first-order chi connectivity index (χ1) is 8.90. The summed E-state index contributed by atoms with van der Waals surface area (Å²) in [4.78, 5) is 35.1. The molecule has 2 aliphatic rings. The van der Waals surface area contributed by atoms with E-state index in [1.165, 1.54) is 11.9 Å². The van der Waals surface area contributed by atoms with Gasteiger partial charge in [0.2, 0.25) is 5.91 Å². The number of hydrogen-bond acceptors (Lipinski definition) is 3. The number of carbonyl (C=O) groups excluding carboxylic acids is 2. The fourth-order valence-corrected chi connectivity index (χ4v) is 3.41. The van der Waals surface area contributed by atoms with Crippen LogP contribution in [0.5, 0.6) is 0 Å². The smallest absolute Gasteiger partial charge is 0.317 e. The van der Waals surface area contributed by atoms with E-state index in [4.69, 9.17) is 5.73 Å². The normalized spacial score (nSPS) is 32.1. The number of amides is 3. The number of carbonyl (C=O) groups is 3. The van der Waals surface area contributed by atoms with Crippen molar-refractivity contribution in [3.63, 3.8) is 0 Å². The summed E-state index contributed by atoms with van der Waals surface area (Å²) in [5.41, 5.74) is 5.02. The van der Waals surface area contributed by atoms with Crippen molar-refractivity contribution in [1.82, 2.24) is 10.2 Å². The van der Waals surface area contributed by atoms with Gasteiger partial charge in [-0.1, -0.05) is 0 Å². The number of primary amides is 1. The first kappa shape index (κ1) is 13.6. The van der Waals surface area contributed by atoms with E-state index in [0.717, 1.165) is 19.3 Å². The quantitative estimate of drug-likeness (QED) is 0.645. The highest BCUT2D eigenvalue weighted by molar-refractivity contribution is 5.83. The first-order valence-electron chi connectivity index (χ1n) is 6.43. The van der Waals surface area contributed by atoms with Crippen LogP contribution in [0.2, 0.25) is 0 Å². The maximum atomic E-state index is 11.9. The van der Waals surface area contributed by atoms with Crippen molar-refractivity contribution in [1.29, 1.82) is 0 Å². The minimum absolute atomic E-state index is 0.161. The maximum Gasteiger partial charge on any atom is 0.317 e. The Bertz CT molecular complexity index is 412. The van der Waals surface area contributed by atoms with E-state index in [1.54, 1.807) is 0 Å². The third-order valence-corrected chi connectivity index (χ3v) is 4.23. The van der Waals surface area contributed by atoms with Crippen LogP contribution in [0.3, 0.4) is 0 Å². The van der Waals surface area contributed by atoms with Gasteiger partial charge in [-0.3, -0.25) is 9.59 Å². The van der Waals surface area contributed by atoms with Gasteiger partial charge in [0.05, 0.1) is 5.92 Å². The molecular weight excluding hydrogens is 250 g/mol. The van der Waals surface area contributed by atoms with Crippen molar-refractivity contribution in [2.75, 3.05) is 13.6 Å². The molecule has 2 bridgehead atoms. The van der Waals surface area contributed by atoms with Gasteiger partial charge in [0.25, 0.3) is 0 Å². The highest BCUT2D eigenvalue weighted by Gasteiger charge is 2.51. The zero-order valence-electron chi connectivity index (χ0n) is 10.8. The predicted octanol–water partition coefficient (Wildman–Crippen LogP) is -0.388. The van der Waals surface area contributed by atoms with Gasteiger partial charge < -0.3 is 21.1 Å². The largest absolute Gasteiger partial charge is 0.481 e. The minimum Gasteiger partial charge on any atom is -0.481 e. The van der Waals surface area contributed by atoms with Crippen molar-refractivity contribution in [2.45, 2.75) is 25.3 Å². The number of nitrogens with zero attached hydrogens (tertiary/aromatic N) is 1. The molecule has 4 atom stereocenters. The third kappa shape index (κ3) is 2.64. The number of hydrogen-bond donors (Lipinski definition) is 3. The van der Waals surface area contributed by atoms with Crippen LogP contribution in [0, 0.1) is 17.8 Å². The Labute approximate surface area is 111 Å². The zero-order chi connectivity index (χ0) is 14.2. The summed E-state index contributed by atoms with van der Waals surface area (Å²) in [5, 5.41) is 12.0. The second kappa shape index (κ2) is 5.07. The molecule has 0 spiro atoms. The number of rotatable bonds is 4. The van der Waals surface area contributed by atoms with Crippen molar-refractivity contribution >= 4 is 17.9 Å². The van der Waals surface area contributed by atoms with E-state index in [2.05, 4.69) is 5.32 Å². The zero-order valence-corrected chi connectivity index (χ0v) is 10.8. The van der Waals surface area contributed by atoms with Gasteiger partial charge in [0.1, 0.15) is 6.54 Å². The number of fused-ring (bicyclic) bond motifs is 2. The van der Waals surface area contributed by atoms with Gasteiger partial charge in [-0.25, -0.2) is 4.79 Å². The topological polar surface area (TPSA) is 113 Å². The molecule has 19 heavy (non-hydrogen) atoms. The molecule has 0 heterocycles. The number of carboxylic acids is 1. The summed E-state index contributed by atoms with van der Waals surface area (Å²) in [7, 11) is 1.46. The molecule has 0 aromatic rings. The summed E-state index contributed by atoms with van der Waals surface area (Å²) < 4.78 is 0. The average Bonchev–Trinajstić information content (AvgIpc) is 2.87. The van der Waals surface area contributed by atoms with Crippen molar-refractivity contribution in [2.24, 2.45) is 23.5 Å². The van der Waals surface area contributed by atoms with E-state index in [0.29, 0.717) is 0 Å². The summed E-state index contributed by atoms with van der Waals surface area (Å²) in [6.07, 6.45) is 2.74. The van der Waals surface area contributed by atoms with E-state index < -0.39 is 23.8 Å². The molecule has 4 unspecified atom stereocenters. The van der Waals surface area contributed by atoms with Crippen LogP contribution < -0.4 is 11.1 Å². The molecule has 3 amide bonds. The minimum atomic E-state index is -0.852. The molecule has 2 aliphatic carbocycles. The fraction of sp³-hybridized carbons (Fsp3) is 0.750. The molecule has 106 valence electrons. The van der Waals surface area contributed by atoms with Crippen molar-refractivity contribution in [3.8, 4) is 0 Å². The Balaban J connectivity index is 1.99. The van der Waals surface area contributed by atoms with Crippen molar-refractivity contribution < 1.29 is 19.5 Å². The van der Waals surface area contributed by atoms with Gasteiger partial charge in [0, 0.05) is 13.1 Å². The standard InChI is InChI=1S/C12H19N3O4/c1-15(5-8(13)16)12(19)14-10-7-3-2-6(4-7)9(10)11(17)18/h6-7,9-10H,2-5H2,1H3,(H2,13,16)(H,14,19)(H,17,18). The van der Waals surface area contributed by atoms with Gasteiger partial charge in [-0.2, -0.15) is 0 Å². The molecular formula is C12H19N3O4. The van der Waals surface area contributed by atoms with Crippen LogP contribution in [-0.4, -0.2) is 47.5 Å². The molecule has 2 rings (SSSR count). The number of carboxylic acid groups (broad SMARTS) is 1. The highest BCUT2D eigenvalue weighted by atomic mass is 16.4. The Morgan fingerprint density at radius 1 is 1.32 bits per heavy atom. The number of nitrogens with two attached hydrogens (primary N) is 1. The molecule has 2 saturated carbocycles. The number of nitrogens with one attached hydrogen (secondary N) is 1. The fourth-order valence-electron chi connectivity index (χ4n) is 3.41. The van der Waals surface area contributed by atoms with E-state index in [1.807, 2.05) is 0 Å². The van der Waals surface area contributed by atoms with E-state index >= 15 is 0 Å². The van der Waals surface area contributed by atoms with Gasteiger partial charge in [-0.15, -0.1) is 0 Å². The summed E-state index contributed by atoms with van der Waals surface area (Å²) in [6.45, 7) is -0.176. The lowest BCUT2D eigenvalue weighted by molar-refractivity contribution is -0.144. The third-order valence-electron chi connectivity index (χ3n) is 4.23. The predicted molar refractivity (Wildman–Crippen MR) is 66.1 cm³/mol. The monoisotopic (exact) mass is 269 g/mol. The first-order valence-corrected chi connectivity index (χ1v) is 6.43. The van der Waals surface area contributed by atoms with Gasteiger partial charge >= 0.3 is 12.0 Å². The van der Waals surface area contributed by atoms with Crippen LogP contribution in [-0.2, 0) is 9.59 Å². The van der Waals surface area contributed by atoms with Crippen LogP contribution >= 0.6 is 0 Å². The van der Waals surface area contributed by atoms with Crippen molar-refractivity contribution in [3.05, 3.63) is 0 Å². The lowest BCUT2D eigenvalue weighted by atomic mass is 9.84. The van der Waals surface area contributed by atoms with Crippen LogP contribution in [0.1, 0.15) is 19.3 Å². The number of likely N-dealkylation sites (N-methyl/N-ethyl adjacent to an activating group) is 1. The summed E-state index contributed by atoms with van der Waals surface area (Å²) in [5.74, 6) is -1.56. The number of urea groups is 1. The summed E-state index contributed by atoms with van der Waals surface area (Å²) in [6, 6.07) is -0.776. The molecule has 0 aromatic heterocycles. The molecule has 4 N–H and O–H groups in total. The molecule has 7 nitrogen and oxygen atoms in total. The SMILES string of the molecule is CN(CC(N)=O)C(=O)NC1C2CCC(C2)C1C(=O)O. The molecule has 2 fully saturated rings. The Morgan fingerprint density at radius 3 is 2.53 bits per heavy atom. The molecule has 7 heteroatoms. The second-order valence-corrected chi connectivity index (χ2v) is 5.49. The maximum absolute atomic E-state index is 11.9. The lowest BCUT2D eigenvalue weighted by Gasteiger charge is -2.30. The Kier molecular flexibility index (Phi) is 3.64. The lowest BCUT2D eigenvalue weighted by Crippen LogP contribution is -2.51. The molecule has 0 aliphatic heterocycles.